The minimum atomic E-state index is -1.10. The second-order valence-electron chi connectivity index (χ2n) is 8.34. The summed E-state index contributed by atoms with van der Waals surface area (Å²) in [5.74, 6) is 0.676. The van der Waals surface area contributed by atoms with Crippen molar-refractivity contribution >= 4 is 34.7 Å². The second-order valence-corrected chi connectivity index (χ2v) is 8.34. The van der Waals surface area contributed by atoms with Crippen LogP contribution in [0.15, 0.2) is 54.7 Å². The van der Waals surface area contributed by atoms with Crippen LogP contribution in [0.2, 0.25) is 0 Å². The van der Waals surface area contributed by atoms with Crippen molar-refractivity contribution in [2.45, 2.75) is 19.8 Å². The average molecular weight is 457 g/mol. The lowest BCUT2D eigenvalue weighted by molar-refractivity contribution is 0.209. The Hall–Kier alpha value is -4.40. The van der Waals surface area contributed by atoms with Gasteiger partial charge in [0.25, 0.3) is 0 Å². The zero-order valence-corrected chi connectivity index (χ0v) is 18.6. The van der Waals surface area contributed by atoms with E-state index >= 15 is 0 Å². The van der Waals surface area contributed by atoms with Gasteiger partial charge in [0.05, 0.1) is 5.52 Å². The number of aromatic nitrogens is 3. The molecule has 9 nitrogen and oxygen atoms in total. The number of benzene rings is 2. The van der Waals surface area contributed by atoms with Crippen molar-refractivity contribution in [2.24, 2.45) is 0 Å². The van der Waals surface area contributed by atoms with Gasteiger partial charge in [-0.1, -0.05) is 18.2 Å². The number of aromatic amines is 1. The Morgan fingerprint density at radius 1 is 0.971 bits per heavy atom. The van der Waals surface area contributed by atoms with E-state index in [9.17, 15) is 9.59 Å². The first-order valence-electron chi connectivity index (χ1n) is 11.1. The number of rotatable bonds is 4. The number of imidazole rings is 1. The fraction of sp³-hybridized carbons (Fsp3) is 0.200. The number of hydrogen-bond donors (Lipinski definition) is 4. The summed E-state index contributed by atoms with van der Waals surface area (Å²) < 4.78 is 0. The van der Waals surface area contributed by atoms with Crippen LogP contribution in [0.25, 0.3) is 33.7 Å². The topological polar surface area (TPSA) is 123 Å². The Morgan fingerprint density at radius 2 is 1.71 bits per heavy atom. The normalized spacial score (nSPS) is 13.3. The molecule has 0 aliphatic carbocycles. The smallest absolute Gasteiger partial charge is 0.409 e. The molecule has 0 bridgehead atoms. The summed E-state index contributed by atoms with van der Waals surface area (Å²) >= 11 is 0. The number of aryl methyl sites for hydroxylation is 1. The number of anilines is 2. The van der Waals surface area contributed by atoms with Crippen molar-refractivity contribution in [1.29, 1.82) is 0 Å². The Morgan fingerprint density at radius 3 is 2.44 bits per heavy atom. The molecule has 2 aromatic carbocycles. The van der Waals surface area contributed by atoms with Crippen LogP contribution in [-0.2, 0) is 0 Å². The van der Waals surface area contributed by atoms with Crippen LogP contribution >= 0.6 is 0 Å². The molecule has 1 fully saturated rings. The van der Waals surface area contributed by atoms with E-state index in [4.69, 9.17) is 5.11 Å². The standard InChI is InChI=1S/C25H24N6O3/c1-15-4-7-19(27-24(32)31-10-2-3-11-31)13-20(15)22-29-21-12-17(14-26-23(21)30-22)16-5-8-18(9-6-16)28-25(33)34/h4-9,12-14,28H,2-3,10-11H2,1H3,(H,27,32)(H,33,34)(H,26,29,30). The maximum absolute atomic E-state index is 12.5. The van der Waals surface area contributed by atoms with Gasteiger partial charge >= 0.3 is 12.1 Å². The lowest BCUT2D eigenvalue weighted by atomic mass is 10.1. The summed E-state index contributed by atoms with van der Waals surface area (Å²) in [6.45, 7) is 3.59. The SMILES string of the molecule is Cc1ccc(NC(=O)N2CCCC2)cc1-c1nc2ncc(-c3ccc(NC(=O)O)cc3)cc2[nH]1. The van der Waals surface area contributed by atoms with Gasteiger partial charge in [-0.3, -0.25) is 5.32 Å². The number of hydrogen-bond acceptors (Lipinski definition) is 4. The number of pyridine rings is 1. The van der Waals surface area contributed by atoms with E-state index in [1.807, 2.05) is 48.2 Å². The van der Waals surface area contributed by atoms with E-state index in [1.165, 1.54) is 0 Å². The number of fused-ring (bicyclic) bond motifs is 1. The first-order valence-corrected chi connectivity index (χ1v) is 11.1. The number of carbonyl (C=O) groups excluding carboxylic acids is 1. The zero-order valence-electron chi connectivity index (χ0n) is 18.6. The number of carboxylic acid groups (broad SMARTS) is 1. The molecule has 9 heteroatoms. The number of H-pyrrole nitrogens is 1. The molecule has 4 N–H and O–H groups in total. The number of nitrogens with zero attached hydrogens (tertiary/aromatic N) is 3. The quantitative estimate of drug-likeness (QED) is 0.331. The molecule has 2 aromatic heterocycles. The molecule has 4 aromatic rings. The van der Waals surface area contributed by atoms with Crippen LogP contribution in [-0.4, -0.2) is 50.2 Å². The molecule has 0 spiro atoms. The summed E-state index contributed by atoms with van der Waals surface area (Å²) in [6, 6.07) is 14.8. The summed E-state index contributed by atoms with van der Waals surface area (Å²) in [7, 11) is 0. The van der Waals surface area contributed by atoms with Crippen LogP contribution in [0.1, 0.15) is 18.4 Å². The number of likely N-dealkylation sites (tertiary alicyclic amines) is 1. The minimum Gasteiger partial charge on any atom is -0.465 e. The van der Waals surface area contributed by atoms with Gasteiger partial charge in [0.15, 0.2) is 5.65 Å². The highest BCUT2D eigenvalue weighted by Gasteiger charge is 2.18. The van der Waals surface area contributed by atoms with Crippen LogP contribution in [0.4, 0.5) is 21.0 Å². The highest BCUT2D eigenvalue weighted by atomic mass is 16.4. The van der Waals surface area contributed by atoms with Gasteiger partial charge in [-0.25, -0.2) is 19.6 Å². The fourth-order valence-corrected chi connectivity index (χ4v) is 4.13. The zero-order chi connectivity index (χ0) is 23.7. The van der Waals surface area contributed by atoms with Gasteiger partial charge in [0, 0.05) is 41.8 Å². The monoisotopic (exact) mass is 456 g/mol. The molecule has 1 aliphatic heterocycles. The lowest BCUT2D eigenvalue weighted by Gasteiger charge is -2.16. The van der Waals surface area contributed by atoms with Crippen LogP contribution in [0, 0.1) is 6.92 Å². The predicted molar refractivity (Wildman–Crippen MR) is 131 cm³/mol. The lowest BCUT2D eigenvalue weighted by Crippen LogP contribution is -2.32. The van der Waals surface area contributed by atoms with E-state index in [1.54, 1.807) is 18.3 Å². The summed E-state index contributed by atoms with van der Waals surface area (Å²) in [4.78, 5) is 37.6. The van der Waals surface area contributed by atoms with Gasteiger partial charge in [0.2, 0.25) is 0 Å². The number of carbonyl (C=O) groups is 2. The highest BCUT2D eigenvalue weighted by Crippen LogP contribution is 2.29. The Kier molecular flexibility index (Phi) is 5.59. The Labute approximate surface area is 195 Å². The molecule has 0 saturated carbocycles. The highest BCUT2D eigenvalue weighted by molar-refractivity contribution is 5.91. The van der Waals surface area contributed by atoms with Crippen LogP contribution < -0.4 is 10.6 Å². The summed E-state index contributed by atoms with van der Waals surface area (Å²) in [6.07, 6.45) is 2.73. The van der Waals surface area contributed by atoms with Crippen LogP contribution in [0.3, 0.4) is 0 Å². The molecule has 1 aliphatic rings. The van der Waals surface area contributed by atoms with Gasteiger partial charge in [-0.2, -0.15) is 0 Å². The third-order valence-electron chi connectivity index (χ3n) is 5.94. The second kappa shape index (κ2) is 8.86. The van der Waals surface area contributed by atoms with Gasteiger partial charge in [-0.05, 0) is 61.2 Å². The third kappa shape index (κ3) is 4.40. The molecule has 1 saturated heterocycles. The molecule has 5 rings (SSSR count). The summed E-state index contributed by atoms with van der Waals surface area (Å²) in [5.41, 5.74) is 6.31. The molecular weight excluding hydrogens is 432 g/mol. The number of amides is 3. The largest absolute Gasteiger partial charge is 0.465 e. The van der Waals surface area contributed by atoms with Crippen molar-refractivity contribution in [3.63, 3.8) is 0 Å². The number of urea groups is 1. The van der Waals surface area contributed by atoms with Crippen molar-refractivity contribution in [2.75, 3.05) is 23.7 Å². The average Bonchev–Trinajstić information content (AvgIpc) is 3.50. The fourth-order valence-electron chi connectivity index (χ4n) is 4.13. The van der Waals surface area contributed by atoms with Gasteiger partial charge in [-0.15, -0.1) is 0 Å². The predicted octanol–water partition coefficient (Wildman–Crippen LogP) is 5.32. The molecule has 34 heavy (non-hydrogen) atoms. The van der Waals surface area contributed by atoms with Crippen LogP contribution in [0.5, 0.6) is 0 Å². The van der Waals surface area contributed by atoms with E-state index in [-0.39, 0.29) is 6.03 Å². The Bertz CT molecular complexity index is 1370. The van der Waals surface area contributed by atoms with Crippen molar-refractivity contribution in [3.05, 3.63) is 60.3 Å². The number of nitrogens with one attached hydrogen (secondary N) is 3. The molecule has 3 heterocycles. The maximum Gasteiger partial charge on any atom is 0.409 e. The molecule has 0 atom stereocenters. The van der Waals surface area contributed by atoms with E-state index in [0.29, 0.717) is 17.2 Å². The molecule has 3 amide bonds. The molecule has 0 radical (unpaired) electrons. The van der Waals surface area contributed by atoms with E-state index in [0.717, 1.165) is 59.4 Å². The minimum absolute atomic E-state index is 0.0761. The van der Waals surface area contributed by atoms with Gasteiger partial charge < -0.3 is 20.3 Å². The first kappa shape index (κ1) is 21.4. The van der Waals surface area contributed by atoms with Crippen molar-refractivity contribution < 1.29 is 14.7 Å². The Balaban J connectivity index is 1.41. The molecule has 172 valence electrons. The van der Waals surface area contributed by atoms with Crippen molar-refractivity contribution in [1.82, 2.24) is 19.9 Å². The van der Waals surface area contributed by atoms with Crippen molar-refractivity contribution in [3.8, 4) is 22.5 Å². The first-order chi connectivity index (χ1) is 16.5. The summed E-state index contributed by atoms with van der Waals surface area (Å²) in [5, 5.41) is 14.2. The van der Waals surface area contributed by atoms with Gasteiger partial charge in [0.1, 0.15) is 5.82 Å². The maximum atomic E-state index is 12.5. The van der Waals surface area contributed by atoms with E-state index in [2.05, 4.69) is 25.6 Å². The van der Waals surface area contributed by atoms with E-state index < -0.39 is 6.09 Å². The third-order valence-corrected chi connectivity index (χ3v) is 5.94. The molecular formula is C25H24N6O3. The molecule has 0 unspecified atom stereocenters.